The number of pyridine rings is 1. The van der Waals surface area contributed by atoms with Crippen molar-refractivity contribution in [3.8, 4) is 0 Å². The molecule has 0 bridgehead atoms. The van der Waals surface area contributed by atoms with Crippen LogP contribution in [-0.4, -0.2) is 42.1 Å². The largest absolute Gasteiger partial charge is 0.468 e. The lowest BCUT2D eigenvalue weighted by Gasteiger charge is -2.40. The average molecular weight is 286 g/mol. The van der Waals surface area contributed by atoms with Crippen molar-refractivity contribution in [2.24, 2.45) is 5.73 Å². The van der Waals surface area contributed by atoms with E-state index in [0.29, 0.717) is 0 Å². The molecule has 1 aliphatic rings. The van der Waals surface area contributed by atoms with Crippen molar-refractivity contribution in [1.82, 2.24) is 9.88 Å². The third-order valence-corrected chi connectivity index (χ3v) is 4.01. The van der Waals surface area contributed by atoms with Crippen LogP contribution in [0.2, 0.25) is 0 Å². The lowest BCUT2D eigenvalue weighted by Crippen LogP contribution is -2.51. The molecule has 0 radical (unpaired) electrons. The number of hydrogen-bond acceptors (Lipinski definition) is 5. The summed E-state index contributed by atoms with van der Waals surface area (Å²) in [5.74, 6) is 2.00. The second-order valence-corrected chi connectivity index (χ2v) is 5.53. The van der Waals surface area contributed by atoms with Gasteiger partial charge >= 0.3 is 0 Å². The molecule has 2 unspecified atom stereocenters. The molecule has 2 atom stereocenters. The summed E-state index contributed by atoms with van der Waals surface area (Å²) in [5, 5.41) is 0. The molecule has 3 rings (SSSR count). The van der Waals surface area contributed by atoms with E-state index in [9.17, 15) is 0 Å². The van der Waals surface area contributed by atoms with Gasteiger partial charge in [0.15, 0.2) is 0 Å². The zero-order chi connectivity index (χ0) is 14.7. The highest BCUT2D eigenvalue weighted by Gasteiger charge is 2.29. The molecule has 2 aromatic heterocycles. The smallest absolute Gasteiger partial charge is 0.128 e. The second-order valence-electron chi connectivity index (χ2n) is 5.53. The van der Waals surface area contributed by atoms with Gasteiger partial charge in [-0.15, -0.1) is 0 Å². The van der Waals surface area contributed by atoms with Gasteiger partial charge in [0.25, 0.3) is 0 Å². The minimum Gasteiger partial charge on any atom is -0.468 e. The summed E-state index contributed by atoms with van der Waals surface area (Å²) in [4.78, 5) is 9.14. The summed E-state index contributed by atoms with van der Waals surface area (Å²) in [6.45, 7) is 5.88. The maximum Gasteiger partial charge on any atom is 0.128 e. The number of aromatic nitrogens is 1. The van der Waals surface area contributed by atoms with Crippen LogP contribution in [0.1, 0.15) is 18.7 Å². The Morgan fingerprint density at radius 1 is 1.14 bits per heavy atom. The van der Waals surface area contributed by atoms with Crippen LogP contribution in [0.5, 0.6) is 0 Å². The number of nitrogens with zero attached hydrogens (tertiary/aromatic N) is 3. The van der Waals surface area contributed by atoms with Crippen LogP contribution in [0, 0.1) is 0 Å². The maximum atomic E-state index is 6.18. The van der Waals surface area contributed by atoms with Gasteiger partial charge in [0, 0.05) is 38.4 Å². The molecule has 0 aliphatic carbocycles. The molecule has 1 saturated heterocycles. The van der Waals surface area contributed by atoms with Crippen molar-refractivity contribution in [2.45, 2.75) is 19.0 Å². The fourth-order valence-electron chi connectivity index (χ4n) is 3.00. The van der Waals surface area contributed by atoms with Gasteiger partial charge in [-0.1, -0.05) is 6.07 Å². The van der Waals surface area contributed by atoms with Crippen LogP contribution in [0.15, 0.2) is 47.2 Å². The fourth-order valence-corrected chi connectivity index (χ4v) is 3.00. The van der Waals surface area contributed by atoms with E-state index in [4.69, 9.17) is 10.2 Å². The Morgan fingerprint density at radius 3 is 2.52 bits per heavy atom. The number of rotatable bonds is 4. The Labute approximate surface area is 125 Å². The quantitative estimate of drug-likeness (QED) is 0.930. The van der Waals surface area contributed by atoms with Gasteiger partial charge in [-0.05, 0) is 31.2 Å². The third kappa shape index (κ3) is 3.09. The molecule has 5 heteroatoms. The molecule has 2 aromatic rings. The Morgan fingerprint density at radius 2 is 1.95 bits per heavy atom. The molecule has 1 aliphatic heterocycles. The number of piperazine rings is 1. The second kappa shape index (κ2) is 6.28. The SMILES string of the molecule is CC(N)C(c1ccco1)N1CCN(c2ccccn2)CC1. The normalized spacial score (nSPS) is 19.4. The topological polar surface area (TPSA) is 58.5 Å². The van der Waals surface area contributed by atoms with Crippen molar-refractivity contribution >= 4 is 5.82 Å². The van der Waals surface area contributed by atoms with Gasteiger partial charge in [0.2, 0.25) is 0 Å². The summed E-state index contributed by atoms with van der Waals surface area (Å²) < 4.78 is 5.57. The molecule has 5 nitrogen and oxygen atoms in total. The van der Waals surface area contributed by atoms with E-state index in [0.717, 1.165) is 37.8 Å². The lowest BCUT2D eigenvalue weighted by atomic mass is 10.1. The van der Waals surface area contributed by atoms with E-state index in [1.165, 1.54) is 0 Å². The van der Waals surface area contributed by atoms with Crippen molar-refractivity contribution in [2.75, 3.05) is 31.1 Å². The van der Waals surface area contributed by atoms with Crippen LogP contribution in [0.25, 0.3) is 0 Å². The third-order valence-electron chi connectivity index (χ3n) is 4.01. The van der Waals surface area contributed by atoms with E-state index < -0.39 is 0 Å². The Bertz CT molecular complexity index is 533. The average Bonchev–Trinajstić information content (AvgIpc) is 3.03. The Kier molecular flexibility index (Phi) is 4.22. The molecular formula is C16H22N4O. The molecule has 112 valence electrons. The molecule has 1 fully saturated rings. The predicted octanol–water partition coefficient (Wildman–Crippen LogP) is 1.89. The summed E-state index contributed by atoms with van der Waals surface area (Å²) in [6, 6.07) is 10.2. The molecule has 2 N–H and O–H groups in total. The highest BCUT2D eigenvalue weighted by molar-refractivity contribution is 5.38. The maximum absolute atomic E-state index is 6.18. The van der Waals surface area contributed by atoms with Gasteiger partial charge in [-0.2, -0.15) is 0 Å². The summed E-state index contributed by atoms with van der Waals surface area (Å²) in [5.41, 5.74) is 6.18. The monoisotopic (exact) mass is 286 g/mol. The number of hydrogen-bond donors (Lipinski definition) is 1. The standard InChI is InChI=1S/C16H22N4O/c1-13(17)16(14-5-4-12-21-14)20-10-8-19(9-11-20)15-6-2-3-7-18-15/h2-7,12-13,16H,8-11,17H2,1H3. The first-order valence-corrected chi connectivity index (χ1v) is 7.45. The number of furan rings is 1. The zero-order valence-electron chi connectivity index (χ0n) is 12.4. The van der Waals surface area contributed by atoms with Crippen LogP contribution in [0.4, 0.5) is 5.82 Å². The number of anilines is 1. The first-order valence-electron chi connectivity index (χ1n) is 7.45. The van der Waals surface area contributed by atoms with Crippen molar-refractivity contribution in [3.63, 3.8) is 0 Å². The van der Waals surface area contributed by atoms with Gasteiger partial charge in [-0.25, -0.2) is 4.98 Å². The van der Waals surface area contributed by atoms with Crippen LogP contribution >= 0.6 is 0 Å². The van der Waals surface area contributed by atoms with E-state index >= 15 is 0 Å². The van der Waals surface area contributed by atoms with Crippen molar-refractivity contribution in [3.05, 3.63) is 48.6 Å². The first-order chi connectivity index (χ1) is 10.3. The minimum atomic E-state index is 0.0394. The van der Waals surface area contributed by atoms with Crippen LogP contribution in [0.3, 0.4) is 0 Å². The minimum absolute atomic E-state index is 0.0394. The van der Waals surface area contributed by atoms with Crippen molar-refractivity contribution < 1.29 is 4.42 Å². The van der Waals surface area contributed by atoms with E-state index in [1.807, 2.05) is 37.4 Å². The van der Waals surface area contributed by atoms with E-state index in [2.05, 4.69) is 20.9 Å². The molecular weight excluding hydrogens is 264 g/mol. The first kappa shape index (κ1) is 14.1. The van der Waals surface area contributed by atoms with E-state index in [-0.39, 0.29) is 12.1 Å². The van der Waals surface area contributed by atoms with Crippen LogP contribution in [-0.2, 0) is 0 Å². The summed E-state index contributed by atoms with van der Waals surface area (Å²) >= 11 is 0. The van der Waals surface area contributed by atoms with E-state index in [1.54, 1.807) is 6.26 Å². The molecule has 21 heavy (non-hydrogen) atoms. The van der Waals surface area contributed by atoms with Crippen molar-refractivity contribution in [1.29, 1.82) is 0 Å². The molecule has 0 saturated carbocycles. The molecule has 0 aromatic carbocycles. The molecule has 0 spiro atoms. The highest BCUT2D eigenvalue weighted by Crippen LogP contribution is 2.26. The van der Waals surface area contributed by atoms with Gasteiger partial charge in [0.05, 0.1) is 12.3 Å². The van der Waals surface area contributed by atoms with Crippen LogP contribution < -0.4 is 10.6 Å². The summed E-state index contributed by atoms with van der Waals surface area (Å²) in [7, 11) is 0. The Balaban J connectivity index is 1.67. The predicted molar refractivity (Wildman–Crippen MR) is 83.1 cm³/mol. The number of nitrogens with two attached hydrogens (primary N) is 1. The molecule has 0 amide bonds. The fraction of sp³-hybridized carbons (Fsp3) is 0.438. The highest BCUT2D eigenvalue weighted by atomic mass is 16.3. The summed E-state index contributed by atoms with van der Waals surface area (Å²) in [6.07, 6.45) is 3.56. The van der Waals surface area contributed by atoms with Gasteiger partial charge in [0.1, 0.15) is 11.6 Å². The molecule has 3 heterocycles. The van der Waals surface area contributed by atoms with Gasteiger partial charge in [-0.3, -0.25) is 4.90 Å². The Hall–Kier alpha value is -1.85. The zero-order valence-corrected chi connectivity index (χ0v) is 12.4. The lowest BCUT2D eigenvalue weighted by molar-refractivity contribution is 0.146. The van der Waals surface area contributed by atoms with Gasteiger partial charge < -0.3 is 15.1 Å².